The van der Waals surface area contributed by atoms with E-state index in [1.54, 1.807) is 12.1 Å². The van der Waals surface area contributed by atoms with Crippen molar-refractivity contribution in [2.45, 2.75) is 12.8 Å². The van der Waals surface area contributed by atoms with Crippen LogP contribution in [0, 0.1) is 0 Å². The van der Waals surface area contributed by atoms with Crippen LogP contribution in [0.25, 0.3) is 0 Å². The number of halogens is 3. The van der Waals surface area contributed by atoms with E-state index in [1.165, 1.54) is 12.1 Å². The van der Waals surface area contributed by atoms with Gasteiger partial charge in [0.05, 0.1) is 27.7 Å². The van der Waals surface area contributed by atoms with Crippen LogP contribution in [0.2, 0.25) is 0 Å². The van der Waals surface area contributed by atoms with Gasteiger partial charge < -0.3 is 9.22 Å². The van der Waals surface area contributed by atoms with E-state index in [1.807, 2.05) is 21.1 Å². The third-order valence-electron chi connectivity index (χ3n) is 2.20. The molecule has 2 nitrogen and oxygen atoms in total. The van der Waals surface area contributed by atoms with Gasteiger partial charge in [-0.1, -0.05) is 12.1 Å². The molecule has 0 aliphatic rings. The number of benzene rings is 1. The van der Waals surface area contributed by atoms with Gasteiger partial charge in [-0.25, -0.2) is 0 Å². The topological polar surface area (TPSA) is 9.23 Å². The third-order valence-corrected chi connectivity index (χ3v) is 2.20. The predicted molar refractivity (Wildman–Crippen MR) is 59.7 cm³/mol. The largest absolute Gasteiger partial charge is 0.573 e. The Balaban J connectivity index is 2.66. The van der Waals surface area contributed by atoms with Crippen LogP contribution in [-0.4, -0.2) is 38.5 Å². The summed E-state index contributed by atoms with van der Waals surface area (Å²) in [5.41, 5.74) is 0.847. The smallest absolute Gasteiger partial charge is 0.406 e. The number of quaternary nitrogens is 1. The number of ether oxygens (including phenoxy) is 1. The van der Waals surface area contributed by atoms with Gasteiger partial charge in [0.25, 0.3) is 0 Å². The predicted octanol–water partition coefficient (Wildman–Crippen LogP) is 2.83. The molecular weight excluding hydrogens is 231 g/mol. The normalized spacial score (nSPS) is 12.6. The lowest BCUT2D eigenvalue weighted by Gasteiger charge is -2.23. The van der Waals surface area contributed by atoms with Crippen molar-refractivity contribution >= 4 is 0 Å². The van der Waals surface area contributed by atoms with E-state index in [2.05, 4.69) is 4.74 Å². The maximum atomic E-state index is 12.0. The Kier molecular flexibility index (Phi) is 4.03. The molecule has 1 aromatic carbocycles. The lowest BCUT2D eigenvalue weighted by molar-refractivity contribution is -0.870. The van der Waals surface area contributed by atoms with Crippen LogP contribution in [0.5, 0.6) is 5.75 Å². The third kappa shape index (κ3) is 6.16. The monoisotopic (exact) mass is 248 g/mol. The summed E-state index contributed by atoms with van der Waals surface area (Å²) in [4.78, 5) is 0. The molecule has 17 heavy (non-hydrogen) atoms. The molecule has 0 saturated carbocycles. The van der Waals surface area contributed by atoms with E-state index in [4.69, 9.17) is 0 Å². The Morgan fingerprint density at radius 1 is 1.18 bits per heavy atom. The molecule has 0 N–H and O–H groups in total. The van der Waals surface area contributed by atoms with Crippen LogP contribution in [0.1, 0.15) is 5.56 Å². The molecule has 0 amide bonds. The van der Waals surface area contributed by atoms with Crippen molar-refractivity contribution in [1.82, 2.24) is 0 Å². The molecule has 0 fully saturated rings. The molecule has 1 rings (SSSR count). The van der Waals surface area contributed by atoms with Crippen LogP contribution in [0.3, 0.4) is 0 Å². The molecular formula is C12H17F3NO+. The zero-order valence-electron chi connectivity index (χ0n) is 10.2. The Morgan fingerprint density at radius 3 is 2.35 bits per heavy atom. The summed E-state index contributed by atoms with van der Waals surface area (Å²) in [7, 11) is 6.11. The maximum Gasteiger partial charge on any atom is 0.573 e. The molecule has 5 heteroatoms. The van der Waals surface area contributed by atoms with Gasteiger partial charge >= 0.3 is 6.36 Å². The first-order valence-corrected chi connectivity index (χ1v) is 5.31. The maximum absolute atomic E-state index is 12.0. The van der Waals surface area contributed by atoms with Gasteiger partial charge in [-0.2, -0.15) is 0 Å². The van der Waals surface area contributed by atoms with Crippen molar-refractivity contribution < 1.29 is 22.4 Å². The fourth-order valence-electron chi connectivity index (χ4n) is 1.36. The van der Waals surface area contributed by atoms with Gasteiger partial charge in [0.15, 0.2) is 0 Å². The summed E-state index contributed by atoms with van der Waals surface area (Å²) in [6.07, 6.45) is -3.91. The van der Waals surface area contributed by atoms with Crippen molar-refractivity contribution in [2.24, 2.45) is 0 Å². The number of rotatable bonds is 4. The highest BCUT2D eigenvalue weighted by Gasteiger charge is 2.31. The first-order chi connectivity index (χ1) is 7.66. The van der Waals surface area contributed by atoms with E-state index >= 15 is 0 Å². The highest BCUT2D eigenvalue weighted by molar-refractivity contribution is 5.28. The fourth-order valence-corrected chi connectivity index (χ4v) is 1.36. The molecule has 0 aliphatic heterocycles. The molecule has 0 heterocycles. The Hall–Kier alpha value is -1.23. The second-order valence-electron chi connectivity index (χ2n) is 4.96. The zero-order chi connectivity index (χ0) is 13.1. The first kappa shape index (κ1) is 13.8. The van der Waals surface area contributed by atoms with E-state index in [-0.39, 0.29) is 5.75 Å². The standard InChI is InChI=1S/C12H17F3NO/c1-16(2,3)8-7-10-5-4-6-11(9-10)17-12(13,14)15/h4-6,9H,7-8H2,1-3H3/q+1. The summed E-state index contributed by atoms with van der Waals surface area (Å²) in [6.45, 7) is 0.857. The summed E-state index contributed by atoms with van der Waals surface area (Å²) >= 11 is 0. The van der Waals surface area contributed by atoms with E-state index in [9.17, 15) is 13.2 Å². The van der Waals surface area contributed by atoms with Crippen LogP contribution in [0.4, 0.5) is 13.2 Å². The number of likely N-dealkylation sites (N-methyl/N-ethyl adjacent to an activating group) is 1. The van der Waals surface area contributed by atoms with Crippen LogP contribution < -0.4 is 4.74 Å². The van der Waals surface area contributed by atoms with Gasteiger partial charge in [-0.05, 0) is 17.7 Å². The lowest BCUT2D eigenvalue weighted by Crippen LogP contribution is -2.36. The lowest BCUT2D eigenvalue weighted by atomic mass is 10.1. The average Bonchev–Trinajstić information content (AvgIpc) is 2.11. The molecule has 0 saturated heterocycles. The Labute approximate surface area is 99.2 Å². The van der Waals surface area contributed by atoms with Gasteiger partial charge in [0.1, 0.15) is 5.75 Å². The second-order valence-corrected chi connectivity index (χ2v) is 4.96. The highest BCUT2D eigenvalue weighted by atomic mass is 19.4. The molecule has 0 unspecified atom stereocenters. The van der Waals surface area contributed by atoms with Gasteiger partial charge in [-0.15, -0.1) is 13.2 Å². The van der Waals surface area contributed by atoms with Crippen molar-refractivity contribution in [3.05, 3.63) is 29.8 Å². The summed E-state index contributed by atoms with van der Waals surface area (Å²) in [5.74, 6) is -0.156. The molecule has 1 aromatic rings. The van der Waals surface area contributed by atoms with Gasteiger partial charge in [0, 0.05) is 6.42 Å². The summed E-state index contributed by atoms with van der Waals surface area (Å²) in [5, 5.41) is 0. The van der Waals surface area contributed by atoms with Crippen molar-refractivity contribution in [1.29, 1.82) is 0 Å². The summed E-state index contributed by atoms with van der Waals surface area (Å²) < 4.78 is 40.7. The van der Waals surface area contributed by atoms with Gasteiger partial charge in [-0.3, -0.25) is 0 Å². The first-order valence-electron chi connectivity index (χ1n) is 5.31. The van der Waals surface area contributed by atoms with Crippen LogP contribution in [0.15, 0.2) is 24.3 Å². The molecule has 0 radical (unpaired) electrons. The molecule has 96 valence electrons. The van der Waals surface area contributed by atoms with Crippen molar-refractivity contribution in [2.75, 3.05) is 27.7 Å². The quantitative estimate of drug-likeness (QED) is 0.744. The fraction of sp³-hybridized carbons (Fsp3) is 0.500. The molecule has 0 aromatic heterocycles. The Morgan fingerprint density at radius 2 is 1.82 bits per heavy atom. The van der Waals surface area contributed by atoms with Crippen LogP contribution >= 0.6 is 0 Å². The van der Waals surface area contributed by atoms with Gasteiger partial charge in [0.2, 0.25) is 0 Å². The minimum atomic E-state index is -4.63. The second kappa shape index (κ2) is 4.96. The zero-order valence-corrected chi connectivity index (χ0v) is 10.2. The Bertz CT molecular complexity index is 369. The van der Waals surface area contributed by atoms with E-state index in [0.29, 0.717) is 0 Å². The SMILES string of the molecule is C[N+](C)(C)CCc1cccc(OC(F)(F)F)c1. The molecule has 0 atom stereocenters. The highest BCUT2D eigenvalue weighted by Crippen LogP contribution is 2.23. The summed E-state index contributed by atoms with van der Waals surface area (Å²) in [6, 6.07) is 6.12. The van der Waals surface area contributed by atoms with Crippen LogP contribution in [-0.2, 0) is 6.42 Å². The molecule has 0 spiro atoms. The van der Waals surface area contributed by atoms with E-state index < -0.39 is 6.36 Å². The molecule has 0 aliphatic carbocycles. The van der Waals surface area contributed by atoms with Crippen molar-refractivity contribution in [3.63, 3.8) is 0 Å². The minimum absolute atomic E-state index is 0.156. The average molecular weight is 248 g/mol. The minimum Gasteiger partial charge on any atom is -0.406 e. The van der Waals surface area contributed by atoms with Crippen molar-refractivity contribution in [3.8, 4) is 5.75 Å². The number of hydrogen-bond acceptors (Lipinski definition) is 1. The number of hydrogen-bond donors (Lipinski definition) is 0. The molecule has 0 bridgehead atoms. The number of alkyl halides is 3. The number of nitrogens with zero attached hydrogens (tertiary/aromatic N) is 1. The van der Waals surface area contributed by atoms with E-state index in [0.717, 1.165) is 23.0 Å².